The maximum absolute atomic E-state index is 6.02. The standard InChI is InChI=1S/C14H21BrCl2OSi/c1-14(2,19(3)4)9-18-6-5-10-7-12(16)13(17)8-11(10)15/h7-8,19H,5-6,9H2,1-4H3. The number of ether oxygens (including phenoxy) is 1. The highest BCUT2D eigenvalue weighted by Gasteiger charge is 2.23. The van der Waals surface area contributed by atoms with Crippen molar-refractivity contribution < 1.29 is 4.74 Å². The highest BCUT2D eigenvalue weighted by molar-refractivity contribution is 9.10. The lowest BCUT2D eigenvalue weighted by Crippen LogP contribution is -2.26. The van der Waals surface area contributed by atoms with Gasteiger partial charge in [-0.05, 0) is 29.2 Å². The third-order valence-corrected chi connectivity index (χ3v) is 8.39. The van der Waals surface area contributed by atoms with Gasteiger partial charge in [-0.1, -0.05) is 66.1 Å². The molecule has 1 aromatic rings. The normalized spacial score (nSPS) is 12.2. The number of halogens is 3. The molecule has 0 aromatic heterocycles. The van der Waals surface area contributed by atoms with Crippen molar-refractivity contribution in [1.82, 2.24) is 0 Å². The second kappa shape index (κ2) is 7.46. The van der Waals surface area contributed by atoms with Gasteiger partial charge >= 0.3 is 0 Å². The number of benzene rings is 1. The highest BCUT2D eigenvalue weighted by Crippen LogP contribution is 2.30. The highest BCUT2D eigenvalue weighted by atomic mass is 79.9. The molecule has 0 saturated carbocycles. The molecule has 1 aromatic carbocycles. The lowest BCUT2D eigenvalue weighted by molar-refractivity contribution is 0.116. The van der Waals surface area contributed by atoms with Crippen LogP contribution in [0.15, 0.2) is 16.6 Å². The molecule has 108 valence electrons. The van der Waals surface area contributed by atoms with E-state index in [1.807, 2.05) is 12.1 Å². The molecule has 0 bridgehead atoms. The van der Waals surface area contributed by atoms with E-state index in [1.54, 1.807) is 0 Å². The zero-order valence-electron chi connectivity index (χ0n) is 11.9. The van der Waals surface area contributed by atoms with E-state index in [2.05, 4.69) is 42.9 Å². The van der Waals surface area contributed by atoms with Crippen LogP contribution in [0.3, 0.4) is 0 Å². The van der Waals surface area contributed by atoms with E-state index >= 15 is 0 Å². The second-order valence-corrected chi connectivity index (χ2v) is 11.3. The van der Waals surface area contributed by atoms with Gasteiger partial charge in [0.1, 0.15) is 0 Å². The fourth-order valence-electron chi connectivity index (χ4n) is 1.44. The summed E-state index contributed by atoms with van der Waals surface area (Å²) in [4.78, 5) is 0. The summed E-state index contributed by atoms with van der Waals surface area (Å²) in [6.07, 6.45) is 0.840. The number of hydrogen-bond donors (Lipinski definition) is 0. The molecule has 0 unspecified atom stereocenters. The van der Waals surface area contributed by atoms with Crippen molar-refractivity contribution >= 4 is 47.9 Å². The van der Waals surface area contributed by atoms with Gasteiger partial charge in [0.25, 0.3) is 0 Å². The van der Waals surface area contributed by atoms with Gasteiger partial charge in [-0.2, -0.15) is 0 Å². The summed E-state index contributed by atoms with van der Waals surface area (Å²) >= 11 is 15.5. The lowest BCUT2D eigenvalue weighted by atomic mass is 10.1. The van der Waals surface area contributed by atoms with Crippen LogP contribution in [0.4, 0.5) is 0 Å². The molecule has 19 heavy (non-hydrogen) atoms. The van der Waals surface area contributed by atoms with Gasteiger partial charge in [-0.15, -0.1) is 0 Å². The first-order valence-corrected chi connectivity index (χ1v) is 10.9. The Kier molecular flexibility index (Phi) is 6.88. The third-order valence-electron chi connectivity index (χ3n) is 3.64. The summed E-state index contributed by atoms with van der Waals surface area (Å²) in [5.41, 5.74) is 1.13. The summed E-state index contributed by atoms with van der Waals surface area (Å²) in [5, 5.41) is 1.51. The van der Waals surface area contributed by atoms with Crippen LogP contribution in [0.5, 0.6) is 0 Å². The Hall–Kier alpha value is 0.457. The SMILES string of the molecule is C[SiH](C)C(C)(C)COCCc1cc(Cl)c(Cl)cc1Br. The first kappa shape index (κ1) is 17.5. The quantitative estimate of drug-likeness (QED) is 0.353. The Labute approximate surface area is 136 Å². The Bertz CT molecular complexity index is 436. The molecule has 0 atom stereocenters. The molecule has 1 rings (SSSR count). The first-order valence-electron chi connectivity index (χ1n) is 6.45. The van der Waals surface area contributed by atoms with Gasteiger partial charge in [0.2, 0.25) is 0 Å². The minimum Gasteiger partial charge on any atom is -0.381 e. The Morgan fingerprint density at radius 3 is 2.37 bits per heavy atom. The lowest BCUT2D eigenvalue weighted by Gasteiger charge is -2.27. The summed E-state index contributed by atoms with van der Waals surface area (Å²) in [5.74, 6) is 0. The van der Waals surface area contributed by atoms with Crippen LogP contribution >= 0.6 is 39.1 Å². The van der Waals surface area contributed by atoms with Gasteiger partial charge in [0.05, 0.1) is 16.7 Å². The number of rotatable bonds is 6. The van der Waals surface area contributed by atoms with Crippen molar-refractivity contribution in [2.75, 3.05) is 13.2 Å². The van der Waals surface area contributed by atoms with Crippen molar-refractivity contribution in [1.29, 1.82) is 0 Å². The van der Waals surface area contributed by atoms with Crippen molar-refractivity contribution in [3.05, 3.63) is 32.2 Å². The van der Waals surface area contributed by atoms with Crippen LogP contribution in [0, 0.1) is 0 Å². The molecule has 0 N–H and O–H groups in total. The van der Waals surface area contributed by atoms with Crippen molar-refractivity contribution in [3.63, 3.8) is 0 Å². The molecule has 1 nitrogen and oxygen atoms in total. The molecular weight excluding hydrogens is 363 g/mol. The maximum atomic E-state index is 6.02. The van der Waals surface area contributed by atoms with Crippen molar-refractivity contribution in [2.24, 2.45) is 0 Å². The summed E-state index contributed by atoms with van der Waals surface area (Å²) < 4.78 is 6.82. The predicted molar refractivity (Wildman–Crippen MR) is 91.6 cm³/mol. The summed E-state index contributed by atoms with van der Waals surface area (Å²) in [6, 6.07) is 3.74. The number of hydrogen-bond acceptors (Lipinski definition) is 1. The molecule has 0 saturated heterocycles. The zero-order valence-corrected chi connectivity index (χ0v) is 16.1. The van der Waals surface area contributed by atoms with E-state index in [-0.39, 0.29) is 0 Å². The first-order chi connectivity index (χ1) is 8.74. The minimum atomic E-state index is -0.694. The van der Waals surface area contributed by atoms with E-state index in [0.29, 0.717) is 21.7 Å². The van der Waals surface area contributed by atoms with Crippen LogP contribution < -0.4 is 0 Å². The van der Waals surface area contributed by atoms with E-state index in [0.717, 1.165) is 23.1 Å². The van der Waals surface area contributed by atoms with E-state index in [1.165, 1.54) is 0 Å². The topological polar surface area (TPSA) is 9.23 Å². The Balaban J connectivity index is 2.48. The summed E-state index contributed by atoms with van der Waals surface area (Å²) in [7, 11) is -0.694. The minimum absolute atomic E-state index is 0.342. The third kappa shape index (κ3) is 5.39. The monoisotopic (exact) mass is 382 g/mol. The Morgan fingerprint density at radius 2 is 1.79 bits per heavy atom. The van der Waals surface area contributed by atoms with Gasteiger partial charge < -0.3 is 4.74 Å². The van der Waals surface area contributed by atoms with Crippen LogP contribution in [-0.4, -0.2) is 22.0 Å². The smallest absolute Gasteiger partial charge is 0.0603 e. The predicted octanol–water partition coefficient (Wildman–Crippen LogP) is 5.58. The average molecular weight is 384 g/mol. The van der Waals surface area contributed by atoms with Gasteiger partial charge in [-0.3, -0.25) is 0 Å². The molecular formula is C14H21BrCl2OSi. The largest absolute Gasteiger partial charge is 0.381 e. The second-order valence-electron chi connectivity index (χ2n) is 5.80. The zero-order chi connectivity index (χ0) is 14.6. The van der Waals surface area contributed by atoms with Crippen LogP contribution in [0.1, 0.15) is 19.4 Å². The average Bonchev–Trinajstić information content (AvgIpc) is 2.30. The van der Waals surface area contributed by atoms with E-state index in [4.69, 9.17) is 27.9 Å². The molecule has 5 heteroatoms. The van der Waals surface area contributed by atoms with E-state index < -0.39 is 8.80 Å². The molecule has 0 radical (unpaired) electrons. The molecule has 0 aliphatic rings. The fourth-order valence-corrected chi connectivity index (χ4v) is 2.91. The maximum Gasteiger partial charge on any atom is 0.0603 e. The van der Waals surface area contributed by atoms with Gasteiger partial charge in [0.15, 0.2) is 0 Å². The molecule has 0 fully saturated rings. The summed E-state index contributed by atoms with van der Waals surface area (Å²) in [6.45, 7) is 10.8. The van der Waals surface area contributed by atoms with Crippen molar-refractivity contribution in [2.45, 2.75) is 38.4 Å². The van der Waals surface area contributed by atoms with Gasteiger partial charge in [0, 0.05) is 19.9 Å². The van der Waals surface area contributed by atoms with Gasteiger partial charge in [-0.25, -0.2) is 0 Å². The van der Waals surface area contributed by atoms with Crippen LogP contribution in [0.2, 0.25) is 28.2 Å². The molecule has 0 spiro atoms. The molecule has 0 aliphatic heterocycles. The molecule has 0 amide bonds. The fraction of sp³-hybridized carbons (Fsp3) is 0.571. The Morgan fingerprint density at radius 1 is 1.21 bits per heavy atom. The van der Waals surface area contributed by atoms with Crippen molar-refractivity contribution in [3.8, 4) is 0 Å². The van der Waals surface area contributed by atoms with Crippen LogP contribution in [0.25, 0.3) is 0 Å². The van der Waals surface area contributed by atoms with E-state index in [9.17, 15) is 0 Å². The molecule has 0 aliphatic carbocycles. The molecule has 0 heterocycles. The van der Waals surface area contributed by atoms with Crippen LogP contribution in [-0.2, 0) is 11.2 Å².